The maximum atomic E-state index is 13.7. The molecular weight excluding hydrogens is 377 g/mol. The van der Waals surface area contributed by atoms with Crippen molar-refractivity contribution in [3.63, 3.8) is 0 Å². The van der Waals surface area contributed by atoms with Gasteiger partial charge in [-0.2, -0.15) is 0 Å². The quantitative estimate of drug-likeness (QED) is 0.691. The summed E-state index contributed by atoms with van der Waals surface area (Å²) < 4.78 is 29.5. The summed E-state index contributed by atoms with van der Waals surface area (Å²) in [5, 5.41) is 0. The van der Waals surface area contributed by atoms with Crippen molar-refractivity contribution >= 4 is 11.9 Å². The van der Waals surface area contributed by atoms with Crippen LogP contribution in [0.25, 0.3) is 0 Å². The monoisotopic (exact) mass is 401 g/mol. The third-order valence-corrected chi connectivity index (χ3v) is 5.10. The van der Waals surface area contributed by atoms with E-state index >= 15 is 0 Å². The summed E-state index contributed by atoms with van der Waals surface area (Å²) in [6.45, 7) is 1.76. The molecule has 1 saturated heterocycles. The molecule has 7 heteroatoms. The second kappa shape index (κ2) is 8.94. The van der Waals surface area contributed by atoms with E-state index in [1.807, 2.05) is 6.07 Å². The Morgan fingerprint density at radius 2 is 1.93 bits per heavy atom. The van der Waals surface area contributed by atoms with E-state index in [9.17, 15) is 14.0 Å². The lowest BCUT2D eigenvalue weighted by Gasteiger charge is -2.26. The van der Waals surface area contributed by atoms with Crippen LogP contribution in [-0.4, -0.2) is 44.1 Å². The van der Waals surface area contributed by atoms with Crippen molar-refractivity contribution in [2.75, 3.05) is 27.4 Å². The number of carbonyl (C=O) groups is 2. The highest BCUT2D eigenvalue weighted by atomic mass is 19.1. The molecule has 1 heterocycles. The standard InChI is InChI=1S/C22H24FNO5/c1-14-6-7-15(11-18(14)23)22(26)29-13-21(25)24-10-4-5-19(24)17-12-16(27-2)8-9-20(17)28-3/h6-9,11-12,19H,4-5,10,13H2,1-3H3/t19-/m1/s1. The van der Waals surface area contributed by atoms with Gasteiger partial charge in [0.05, 0.1) is 25.8 Å². The summed E-state index contributed by atoms with van der Waals surface area (Å²) >= 11 is 0. The Kier molecular flexibility index (Phi) is 6.36. The summed E-state index contributed by atoms with van der Waals surface area (Å²) in [4.78, 5) is 26.6. The Morgan fingerprint density at radius 1 is 1.14 bits per heavy atom. The largest absolute Gasteiger partial charge is 0.497 e. The van der Waals surface area contributed by atoms with Crippen LogP contribution in [0.1, 0.15) is 40.4 Å². The lowest BCUT2D eigenvalue weighted by atomic mass is 10.0. The van der Waals surface area contributed by atoms with Gasteiger partial charge in [-0.05, 0) is 55.7 Å². The Hall–Kier alpha value is -3.09. The minimum Gasteiger partial charge on any atom is -0.497 e. The predicted octanol–water partition coefficient (Wildman–Crippen LogP) is 3.67. The molecule has 0 radical (unpaired) electrons. The topological polar surface area (TPSA) is 65.1 Å². The minimum atomic E-state index is -0.730. The summed E-state index contributed by atoms with van der Waals surface area (Å²) in [5.74, 6) is -0.184. The van der Waals surface area contributed by atoms with Crippen molar-refractivity contribution in [2.24, 2.45) is 0 Å². The van der Waals surface area contributed by atoms with Crippen molar-refractivity contribution in [1.82, 2.24) is 4.90 Å². The zero-order valence-electron chi connectivity index (χ0n) is 16.7. The van der Waals surface area contributed by atoms with Gasteiger partial charge in [-0.3, -0.25) is 4.79 Å². The van der Waals surface area contributed by atoms with Crippen LogP contribution >= 0.6 is 0 Å². The summed E-state index contributed by atoms with van der Waals surface area (Å²) in [6, 6.07) is 9.36. The van der Waals surface area contributed by atoms with Gasteiger partial charge in [0.15, 0.2) is 6.61 Å². The van der Waals surface area contributed by atoms with Gasteiger partial charge in [0.1, 0.15) is 17.3 Å². The first-order valence-electron chi connectivity index (χ1n) is 9.39. The SMILES string of the molecule is COc1ccc(OC)c([C@H]2CCCN2C(=O)COC(=O)c2ccc(C)c(F)c2)c1. The Morgan fingerprint density at radius 3 is 2.62 bits per heavy atom. The van der Waals surface area contributed by atoms with Crippen LogP contribution in [0.15, 0.2) is 36.4 Å². The van der Waals surface area contributed by atoms with Crippen molar-refractivity contribution in [3.05, 3.63) is 58.9 Å². The molecule has 0 aromatic heterocycles. The molecule has 6 nitrogen and oxygen atoms in total. The highest BCUT2D eigenvalue weighted by molar-refractivity contribution is 5.91. The van der Waals surface area contributed by atoms with Gasteiger partial charge in [-0.25, -0.2) is 9.18 Å². The molecule has 0 N–H and O–H groups in total. The number of hydrogen-bond donors (Lipinski definition) is 0. The maximum absolute atomic E-state index is 13.7. The van der Waals surface area contributed by atoms with E-state index in [0.717, 1.165) is 24.5 Å². The van der Waals surface area contributed by atoms with Crippen LogP contribution in [0.4, 0.5) is 4.39 Å². The van der Waals surface area contributed by atoms with Crippen LogP contribution in [0.2, 0.25) is 0 Å². The average molecular weight is 401 g/mol. The number of ether oxygens (including phenoxy) is 3. The van der Waals surface area contributed by atoms with E-state index in [-0.39, 0.29) is 17.5 Å². The lowest BCUT2D eigenvalue weighted by Crippen LogP contribution is -2.34. The van der Waals surface area contributed by atoms with E-state index in [2.05, 4.69) is 0 Å². The number of rotatable bonds is 6. The second-order valence-electron chi connectivity index (χ2n) is 6.89. The Labute approximate surface area is 169 Å². The zero-order chi connectivity index (χ0) is 21.0. The highest BCUT2D eigenvalue weighted by Gasteiger charge is 2.32. The predicted molar refractivity (Wildman–Crippen MR) is 105 cm³/mol. The number of likely N-dealkylation sites (tertiary alicyclic amines) is 1. The van der Waals surface area contributed by atoms with E-state index in [4.69, 9.17) is 14.2 Å². The number of carbonyl (C=O) groups excluding carboxylic acids is 2. The van der Waals surface area contributed by atoms with Crippen molar-refractivity contribution in [2.45, 2.75) is 25.8 Å². The molecular formula is C22H24FNO5. The second-order valence-corrected chi connectivity index (χ2v) is 6.89. The fourth-order valence-electron chi connectivity index (χ4n) is 3.50. The van der Waals surface area contributed by atoms with Crippen LogP contribution in [0.3, 0.4) is 0 Å². The summed E-state index contributed by atoms with van der Waals surface area (Å²) in [6.07, 6.45) is 1.60. The third-order valence-electron chi connectivity index (χ3n) is 5.10. The number of halogens is 1. The number of nitrogens with zero attached hydrogens (tertiary/aromatic N) is 1. The van der Waals surface area contributed by atoms with E-state index in [1.54, 1.807) is 38.2 Å². The molecule has 29 heavy (non-hydrogen) atoms. The van der Waals surface area contributed by atoms with Crippen LogP contribution < -0.4 is 9.47 Å². The molecule has 154 valence electrons. The molecule has 0 spiro atoms. The van der Waals surface area contributed by atoms with Crippen LogP contribution in [0, 0.1) is 12.7 Å². The first kappa shape index (κ1) is 20.6. The van der Waals surface area contributed by atoms with Crippen molar-refractivity contribution in [3.8, 4) is 11.5 Å². The van der Waals surface area contributed by atoms with Crippen LogP contribution in [0.5, 0.6) is 11.5 Å². The van der Waals surface area contributed by atoms with Gasteiger partial charge in [0.25, 0.3) is 5.91 Å². The fraction of sp³-hybridized carbons (Fsp3) is 0.364. The Balaban J connectivity index is 1.70. The fourth-order valence-corrected chi connectivity index (χ4v) is 3.50. The molecule has 2 aromatic rings. The number of benzene rings is 2. The summed E-state index contributed by atoms with van der Waals surface area (Å²) in [5.41, 5.74) is 1.36. The Bertz CT molecular complexity index is 914. The van der Waals surface area contributed by atoms with Crippen molar-refractivity contribution < 1.29 is 28.2 Å². The van der Waals surface area contributed by atoms with Gasteiger partial charge in [0, 0.05) is 12.1 Å². The number of aryl methyl sites for hydroxylation is 1. The van der Waals surface area contributed by atoms with E-state index in [0.29, 0.717) is 23.6 Å². The number of hydrogen-bond acceptors (Lipinski definition) is 5. The number of amides is 1. The maximum Gasteiger partial charge on any atom is 0.338 e. The first-order chi connectivity index (χ1) is 13.9. The van der Waals surface area contributed by atoms with Crippen LogP contribution in [-0.2, 0) is 9.53 Å². The van der Waals surface area contributed by atoms with Gasteiger partial charge in [-0.15, -0.1) is 0 Å². The van der Waals surface area contributed by atoms with Gasteiger partial charge in [0.2, 0.25) is 0 Å². The molecule has 1 aliphatic heterocycles. The zero-order valence-corrected chi connectivity index (χ0v) is 16.7. The first-order valence-corrected chi connectivity index (χ1v) is 9.39. The summed E-state index contributed by atoms with van der Waals surface area (Å²) in [7, 11) is 3.16. The molecule has 1 amide bonds. The lowest BCUT2D eigenvalue weighted by molar-refractivity contribution is -0.135. The molecule has 0 saturated carbocycles. The average Bonchev–Trinajstić information content (AvgIpc) is 3.23. The van der Waals surface area contributed by atoms with Gasteiger partial charge >= 0.3 is 5.97 Å². The molecule has 0 bridgehead atoms. The number of esters is 1. The third kappa shape index (κ3) is 4.50. The van der Waals surface area contributed by atoms with Gasteiger partial charge < -0.3 is 19.1 Å². The van der Waals surface area contributed by atoms with Gasteiger partial charge in [-0.1, -0.05) is 6.07 Å². The minimum absolute atomic E-state index is 0.0772. The molecule has 1 fully saturated rings. The molecule has 2 aromatic carbocycles. The normalized spacial score (nSPS) is 15.9. The van der Waals surface area contributed by atoms with Crippen molar-refractivity contribution in [1.29, 1.82) is 0 Å². The highest BCUT2D eigenvalue weighted by Crippen LogP contribution is 2.38. The molecule has 0 unspecified atom stereocenters. The van der Waals surface area contributed by atoms with E-state index in [1.165, 1.54) is 12.1 Å². The number of methoxy groups -OCH3 is 2. The van der Waals surface area contributed by atoms with E-state index < -0.39 is 18.4 Å². The molecule has 0 aliphatic carbocycles. The molecule has 1 aliphatic rings. The molecule has 3 rings (SSSR count). The molecule has 1 atom stereocenters. The smallest absolute Gasteiger partial charge is 0.338 e.